The van der Waals surface area contributed by atoms with Gasteiger partial charge in [0.05, 0.1) is 5.69 Å². The summed E-state index contributed by atoms with van der Waals surface area (Å²) in [6.07, 6.45) is 2.42. The van der Waals surface area contributed by atoms with Gasteiger partial charge in [0, 0.05) is 11.6 Å². The molecule has 1 unspecified atom stereocenters. The van der Waals surface area contributed by atoms with Crippen LogP contribution in [0.4, 0.5) is 5.95 Å². The Kier molecular flexibility index (Phi) is 4.00. The lowest BCUT2D eigenvalue weighted by Gasteiger charge is -2.25. The van der Waals surface area contributed by atoms with Gasteiger partial charge in [-0.3, -0.25) is 4.79 Å². The van der Waals surface area contributed by atoms with E-state index in [-0.39, 0.29) is 23.6 Å². The highest BCUT2D eigenvalue weighted by Crippen LogP contribution is 2.25. The Morgan fingerprint density at radius 1 is 1.23 bits per heavy atom. The van der Waals surface area contributed by atoms with E-state index in [1.54, 1.807) is 36.4 Å². The zero-order valence-electron chi connectivity index (χ0n) is 14.0. The molecular formula is C18H18N6O2. The van der Waals surface area contributed by atoms with Crippen LogP contribution in [-0.2, 0) is 12.8 Å². The summed E-state index contributed by atoms with van der Waals surface area (Å²) in [5.41, 5.74) is 9.17. The van der Waals surface area contributed by atoms with E-state index in [0.717, 1.165) is 30.4 Å². The highest BCUT2D eigenvalue weighted by Gasteiger charge is 2.21. The van der Waals surface area contributed by atoms with Crippen molar-refractivity contribution >= 4 is 11.9 Å². The number of rotatable bonds is 3. The Balaban J connectivity index is 1.49. The van der Waals surface area contributed by atoms with Crippen LogP contribution in [-0.4, -0.2) is 37.3 Å². The fourth-order valence-electron chi connectivity index (χ4n) is 3.29. The molecule has 1 aliphatic rings. The van der Waals surface area contributed by atoms with Gasteiger partial charge in [-0.25, -0.2) is 0 Å². The number of nitrogens with one attached hydrogen (secondary N) is 1. The maximum Gasteiger partial charge on any atom is 0.251 e. The van der Waals surface area contributed by atoms with Crippen molar-refractivity contribution < 1.29 is 9.90 Å². The number of tetrazole rings is 1. The molecule has 0 saturated carbocycles. The number of phenolic OH excluding ortho intramolecular Hbond substituents is 1. The molecule has 4 N–H and O–H groups in total. The smallest absolute Gasteiger partial charge is 0.251 e. The Hall–Kier alpha value is -3.42. The van der Waals surface area contributed by atoms with Gasteiger partial charge < -0.3 is 16.2 Å². The molecule has 132 valence electrons. The third kappa shape index (κ3) is 3.08. The molecule has 1 aliphatic carbocycles. The number of hydrogen-bond donors (Lipinski definition) is 3. The number of aromatic nitrogens is 4. The second-order valence-electron chi connectivity index (χ2n) is 6.37. The van der Waals surface area contributed by atoms with E-state index in [1.165, 1.54) is 4.68 Å². The minimum absolute atomic E-state index is 0.0568. The van der Waals surface area contributed by atoms with E-state index >= 15 is 0 Å². The van der Waals surface area contributed by atoms with Crippen LogP contribution in [0.3, 0.4) is 0 Å². The van der Waals surface area contributed by atoms with Crippen molar-refractivity contribution in [1.82, 2.24) is 25.5 Å². The van der Waals surface area contributed by atoms with E-state index < -0.39 is 0 Å². The number of nitrogen functional groups attached to an aromatic ring is 1. The summed E-state index contributed by atoms with van der Waals surface area (Å²) in [6.45, 7) is 0. The zero-order chi connectivity index (χ0) is 18.1. The highest BCUT2D eigenvalue weighted by molar-refractivity contribution is 5.95. The molecule has 1 amide bonds. The third-order valence-corrected chi connectivity index (χ3v) is 4.60. The second-order valence-corrected chi connectivity index (χ2v) is 6.37. The number of nitrogens with zero attached hydrogens (tertiary/aromatic N) is 4. The van der Waals surface area contributed by atoms with Crippen molar-refractivity contribution in [3.63, 3.8) is 0 Å². The van der Waals surface area contributed by atoms with Crippen LogP contribution in [0.5, 0.6) is 5.75 Å². The number of fused-ring (bicyclic) bond motifs is 1. The molecule has 0 bridgehead atoms. The first-order chi connectivity index (χ1) is 12.6. The number of amides is 1. The van der Waals surface area contributed by atoms with Crippen LogP contribution in [0.1, 0.15) is 27.9 Å². The van der Waals surface area contributed by atoms with Crippen molar-refractivity contribution in [3.8, 4) is 11.4 Å². The van der Waals surface area contributed by atoms with Crippen molar-refractivity contribution in [2.75, 3.05) is 5.73 Å². The van der Waals surface area contributed by atoms with Crippen LogP contribution >= 0.6 is 0 Å². The summed E-state index contributed by atoms with van der Waals surface area (Å²) in [6, 6.07) is 12.5. The summed E-state index contributed by atoms with van der Waals surface area (Å²) < 4.78 is 1.38. The molecule has 3 aromatic rings. The van der Waals surface area contributed by atoms with Crippen LogP contribution in [0, 0.1) is 0 Å². The fraction of sp³-hybridized carbons (Fsp3) is 0.222. The van der Waals surface area contributed by atoms with Crippen molar-refractivity contribution in [2.45, 2.75) is 25.3 Å². The molecule has 4 rings (SSSR count). The maximum absolute atomic E-state index is 12.6. The molecule has 0 fully saturated rings. The fourth-order valence-corrected chi connectivity index (χ4v) is 3.29. The third-order valence-electron chi connectivity index (χ3n) is 4.60. The van der Waals surface area contributed by atoms with Crippen molar-refractivity contribution in [2.24, 2.45) is 0 Å². The van der Waals surface area contributed by atoms with Crippen LogP contribution in [0.2, 0.25) is 0 Å². The minimum Gasteiger partial charge on any atom is -0.508 e. The van der Waals surface area contributed by atoms with Gasteiger partial charge in [0.1, 0.15) is 5.75 Å². The van der Waals surface area contributed by atoms with Gasteiger partial charge in [-0.05, 0) is 71.1 Å². The zero-order valence-corrected chi connectivity index (χ0v) is 14.0. The lowest BCUT2D eigenvalue weighted by atomic mass is 9.88. The molecular weight excluding hydrogens is 332 g/mol. The van der Waals surface area contributed by atoms with Crippen LogP contribution in [0.15, 0.2) is 42.5 Å². The van der Waals surface area contributed by atoms with E-state index in [0.29, 0.717) is 11.3 Å². The Labute approximate surface area is 149 Å². The average Bonchev–Trinajstić information content (AvgIpc) is 3.08. The Morgan fingerprint density at radius 3 is 2.92 bits per heavy atom. The summed E-state index contributed by atoms with van der Waals surface area (Å²) in [5.74, 6) is 0.297. The quantitative estimate of drug-likeness (QED) is 0.654. The van der Waals surface area contributed by atoms with E-state index in [1.807, 2.05) is 6.07 Å². The predicted molar refractivity (Wildman–Crippen MR) is 95.0 cm³/mol. The predicted octanol–water partition coefficient (Wildman–Crippen LogP) is 1.24. The van der Waals surface area contributed by atoms with Gasteiger partial charge in [-0.2, -0.15) is 4.68 Å². The summed E-state index contributed by atoms with van der Waals surface area (Å²) in [7, 11) is 0. The van der Waals surface area contributed by atoms with Crippen LogP contribution < -0.4 is 11.1 Å². The molecule has 1 heterocycles. The number of nitrogens with two attached hydrogens (primary N) is 1. The number of phenols is 1. The summed E-state index contributed by atoms with van der Waals surface area (Å²) in [4.78, 5) is 12.6. The van der Waals surface area contributed by atoms with E-state index in [9.17, 15) is 9.90 Å². The van der Waals surface area contributed by atoms with E-state index in [4.69, 9.17) is 5.73 Å². The first-order valence-corrected chi connectivity index (χ1v) is 8.36. The molecule has 8 nitrogen and oxygen atoms in total. The van der Waals surface area contributed by atoms with Crippen molar-refractivity contribution in [1.29, 1.82) is 0 Å². The van der Waals surface area contributed by atoms with Crippen molar-refractivity contribution in [3.05, 3.63) is 59.2 Å². The van der Waals surface area contributed by atoms with E-state index in [2.05, 4.69) is 20.8 Å². The number of benzene rings is 2. The number of aryl methyl sites for hydroxylation is 1. The van der Waals surface area contributed by atoms with Gasteiger partial charge in [-0.1, -0.05) is 17.2 Å². The van der Waals surface area contributed by atoms with Gasteiger partial charge in [0.25, 0.3) is 5.91 Å². The van der Waals surface area contributed by atoms with Gasteiger partial charge in [-0.15, -0.1) is 0 Å². The molecule has 8 heteroatoms. The van der Waals surface area contributed by atoms with Gasteiger partial charge in [0.2, 0.25) is 5.95 Å². The maximum atomic E-state index is 12.6. The lowest BCUT2D eigenvalue weighted by Crippen LogP contribution is -2.38. The van der Waals surface area contributed by atoms with Gasteiger partial charge >= 0.3 is 0 Å². The SMILES string of the molecule is Nc1nnnn1-c1cccc(C(=O)NC2CCc3cc(O)ccc3C2)c1. The monoisotopic (exact) mass is 350 g/mol. The minimum atomic E-state index is -0.147. The van der Waals surface area contributed by atoms with Gasteiger partial charge in [0.15, 0.2) is 0 Å². The largest absolute Gasteiger partial charge is 0.508 e. The number of carbonyl (C=O) groups is 1. The molecule has 1 aromatic heterocycles. The first kappa shape index (κ1) is 16.1. The Morgan fingerprint density at radius 2 is 2.12 bits per heavy atom. The Bertz CT molecular complexity index is 968. The summed E-state index contributed by atoms with van der Waals surface area (Å²) >= 11 is 0. The number of carbonyl (C=O) groups excluding carboxylic acids is 1. The molecule has 0 spiro atoms. The molecule has 26 heavy (non-hydrogen) atoms. The molecule has 0 saturated heterocycles. The standard InChI is InChI=1S/C18H18N6O2/c19-18-21-22-23-24(18)15-3-1-2-13(9-15)17(26)20-14-6-4-12-10-16(25)7-5-11(12)8-14/h1-3,5,7,9-10,14,25H,4,6,8H2,(H,20,26)(H2,19,21,23). The number of aromatic hydroxyl groups is 1. The second kappa shape index (κ2) is 6.47. The highest BCUT2D eigenvalue weighted by atomic mass is 16.3. The molecule has 0 radical (unpaired) electrons. The topological polar surface area (TPSA) is 119 Å². The van der Waals surface area contributed by atoms with Crippen LogP contribution in [0.25, 0.3) is 5.69 Å². The molecule has 0 aliphatic heterocycles. The lowest BCUT2D eigenvalue weighted by molar-refractivity contribution is 0.0933. The average molecular weight is 350 g/mol. The normalized spacial score (nSPS) is 16.1. The summed E-state index contributed by atoms with van der Waals surface area (Å²) in [5, 5.41) is 23.6. The molecule has 2 aromatic carbocycles. The first-order valence-electron chi connectivity index (χ1n) is 8.36. The number of hydrogen-bond acceptors (Lipinski definition) is 6. The molecule has 1 atom stereocenters. The number of anilines is 1.